The van der Waals surface area contributed by atoms with E-state index < -0.39 is 17.1 Å². The lowest BCUT2D eigenvalue weighted by Gasteiger charge is -2.43. The van der Waals surface area contributed by atoms with Gasteiger partial charge in [0.2, 0.25) is 0 Å². The molecule has 0 radical (unpaired) electrons. The minimum atomic E-state index is -0.990. The molecule has 1 aromatic rings. The highest BCUT2D eigenvalue weighted by Crippen LogP contribution is 2.40. The predicted octanol–water partition coefficient (Wildman–Crippen LogP) is 3.07. The maximum Gasteiger partial charge on any atom is 0.179 e. The Morgan fingerprint density at radius 2 is 1.64 bits per heavy atom. The zero-order chi connectivity index (χ0) is 16.7. The fourth-order valence-corrected chi connectivity index (χ4v) is 3.13. The lowest BCUT2D eigenvalue weighted by atomic mass is 9.73. The highest BCUT2D eigenvalue weighted by Gasteiger charge is 2.53. The molecule has 0 amide bonds. The molecule has 0 atom stereocenters. The third kappa shape index (κ3) is 2.68. The van der Waals surface area contributed by atoms with Crippen molar-refractivity contribution in [3.8, 4) is 5.75 Å². The van der Waals surface area contributed by atoms with Crippen LogP contribution in [0.1, 0.15) is 51.7 Å². The molecule has 22 heavy (non-hydrogen) atoms. The summed E-state index contributed by atoms with van der Waals surface area (Å²) in [7, 11) is 1.58. The molecule has 1 aliphatic heterocycles. The van der Waals surface area contributed by atoms with Crippen molar-refractivity contribution in [2.24, 2.45) is 0 Å². The van der Waals surface area contributed by atoms with Gasteiger partial charge in [0.1, 0.15) is 22.9 Å². The first-order chi connectivity index (χ1) is 10.1. The van der Waals surface area contributed by atoms with Crippen molar-refractivity contribution in [2.45, 2.75) is 58.2 Å². The Morgan fingerprint density at radius 3 is 2.09 bits per heavy atom. The number of ketones is 2. The average molecular weight is 304 g/mol. The Bertz CT molecular complexity index is 588. The number of hydrogen-bond donors (Lipinski definition) is 0. The second kappa shape index (κ2) is 5.51. The zero-order valence-electron chi connectivity index (χ0n) is 14.1. The Kier molecular flexibility index (Phi) is 4.18. The van der Waals surface area contributed by atoms with Gasteiger partial charge in [-0.1, -0.05) is 13.0 Å². The van der Waals surface area contributed by atoms with Crippen LogP contribution in [0, 0.1) is 0 Å². The Balaban J connectivity index is 2.62. The number of carbonyl (C=O) groups is 2. The van der Waals surface area contributed by atoms with Gasteiger partial charge in [0.25, 0.3) is 0 Å². The van der Waals surface area contributed by atoms with Gasteiger partial charge < -0.3 is 9.47 Å². The Hall–Kier alpha value is -1.68. The van der Waals surface area contributed by atoms with Crippen LogP contribution in [0.2, 0.25) is 0 Å². The first-order valence-electron chi connectivity index (χ1n) is 7.59. The third-order valence-electron chi connectivity index (χ3n) is 4.27. The fraction of sp³-hybridized carbons (Fsp3) is 0.556. The van der Waals surface area contributed by atoms with Gasteiger partial charge in [-0.2, -0.15) is 0 Å². The molecule has 0 aliphatic carbocycles. The van der Waals surface area contributed by atoms with Crippen LogP contribution in [0.3, 0.4) is 0 Å². The second-order valence-electron chi connectivity index (χ2n) is 6.70. The van der Waals surface area contributed by atoms with Crippen LogP contribution in [0.4, 0.5) is 0 Å². The van der Waals surface area contributed by atoms with E-state index in [1.165, 1.54) is 0 Å². The van der Waals surface area contributed by atoms with E-state index in [0.717, 1.165) is 17.5 Å². The summed E-state index contributed by atoms with van der Waals surface area (Å²) in [4.78, 5) is 25.7. The molecule has 0 saturated carbocycles. The van der Waals surface area contributed by atoms with Gasteiger partial charge >= 0.3 is 0 Å². The summed E-state index contributed by atoms with van der Waals surface area (Å²) in [6, 6.07) is 5.58. The van der Waals surface area contributed by atoms with E-state index in [1.54, 1.807) is 40.9 Å². The lowest BCUT2D eigenvalue weighted by Crippen LogP contribution is -2.58. The number of ether oxygens (including phenoxy) is 2. The molecule has 4 nitrogen and oxygen atoms in total. The summed E-state index contributed by atoms with van der Waals surface area (Å²) >= 11 is 0. The van der Waals surface area contributed by atoms with E-state index in [0.29, 0.717) is 5.75 Å². The van der Waals surface area contributed by atoms with Crippen LogP contribution in [-0.2, 0) is 20.7 Å². The molecule has 0 spiro atoms. The van der Waals surface area contributed by atoms with Gasteiger partial charge in [-0.25, -0.2) is 0 Å². The van der Waals surface area contributed by atoms with Crippen molar-refractivity contribution in [3.63, 3.8) is 0 Å². The topological polar surface area (TPSA) is 52.6 Å². The predicted molar refractivity (Wildman–Crippen MR) is 84.4 cm³/mol. The molecular formula is C18H24O4. The molecule has 1 heterocycles. The zero-order valence-corrected chi connectivity index (χ0v) is 14.1. The van der Waals surface area contributed by atoms with Crippen LogP contribution >= 0.6 is 0 Å². The van der Waals surface area contributed by atoms with Crippen LogP contribution in [0.15, 0.2) is 18.2 Å². The number of carbonyl (C=O) groups excluding carboxylic acids is 2. The van der Waals surface area contributed by atoms with Crippen LogP contribution in [0.5, 0.6) is 5.75 Å². The number of benzene rings is 1. The van der Waals surface area contributed by atoms with Gasteiger partial charge in [-0.15, -0.1) is 0 Å². The summed E-state index contributed by atoms with van der Waals surface area (Å²) in [6.45, 7) is 8.91. The van der Waals surface area contributed by atoms with E-state index in [4.69, 9.17) is 9.47 Å². The van der Waals surface area contributed by atoms with Gasteiger partial charge in [-0.3, -0.25) is 9.59 Å². The van der Waals surface area contributed by atoms with Crippen LogP contribution < -0.4 is 4.74 Å². The van der Waals surface area contributed by atoms with Crippen molar-refractivity contribution >= 4 is 11.6 Å². The summed E-state index contributed by atoms with van der Waals surface area (Å²) < 4.78 is 11.0. The molecule has 120 valence electrons. The highest BCUT2D eigenvalue weighted by atomic mass is 16.5. The molecule has 1 aromatic carbocycles. The molecule has 2 rings (SSSR count). The monoisotopic (exact) mass is 304 g/mol. The normalized spacial score (nSPS) is 21.0. The second-order valence-corrected chi connectivity index (χ2v) is 6.70. The van der Waals surface area contributed by atoms with Gasteiger partial charge in [0.05, 0.1) is 7.11 Å². The minimum Gasteiger partial charge on any atom is -0.497 e. The van der Waals surface area contributed by atoms with Crippen LogP contribution in [0.25, 0.3) is 0 Å². The molecule has 1 saturated heterocycles. The maximum absolute atomic E-state index is 12.8. The molecule has 0 unspecified atom stereocenters. The number of methoxy groups -OCH3 is 1. The molecule has 0 aromatic heterocycles. The number of Topliss-reactive ketones (excluding diaryl/α,β-unsaturated/α-hetero) is 2. The van der Waals surface area contributed by atoms with Gasteiger partial charge in [0, 0.05) is 0 Å². The third-order valence-corrected chi connectivity index (χ3v) is 4.27. The average Bonchev–Trinajstić information content (AvgIpc) is 2.44. The molecule has 0 N–H and O–H groups in total. The first-order valence-corrected chi connectivity index (χ1v) is 7.59. The molecular weight excluding hydrogens is 280 g/mol. The smallest absolute Gasteiger partial charge is 0.179 e. The summed E-state index contributed by atoms with van der Waals surface area (Å²) in [5.74, 6) is -0.543. The summed E-state index contributed by atoms with van der Waals surface area (Å²) in [6.07, 6.45) is 0.748. The lowest BCUT2D eigenvalue weighted by molar-refractivity contribution is -0.184. The molecule has 1 aliphatic rings. The number of aryl methyl sites for hydroxylation is 1. The molecule has 0 bridgehead atoms. The maximum atomic E-state index is 12.8. The largest absolute Gasteiger partial charge is 0.497 e. The van der Waals surface area contributed by atoms with Crippen molar-refractivity contribution in [1.82, 2.24) is 0 Å². The number of hydrogen-bond acceptors (Lipinski definition) is 4. The highest BCUT2D eigenvalue weighted by molar-refractivity contribution is 6.15. The van der Waals surface area contributed by atoms with Crippen molar-refractivity contribution < 1.29 is 19.1 Å². The SMILES string of the molecule is CCc1ccc(OC)cc1C1C(=O)C(C)(C)OC(C)(C)C1=O. The van der Waals surface area contributed by atoms with Gasteiger partial charge in [0.15, 0.2) is 11.6 Å². The molecule has 4 heteroatoms. The van der Waals surface area contributed by atoms with E-state index in [1.807, 2.05) is 19.1 Å². The van der Waals surface area contributed by atoms with Crippen molar-refractivity contribution in [2.75, 3.05) is 7.11 Å². The van der Waals surface area contributed by atoms with Crippen molar-refractivity contribution in [1.29, 1.82) is 0 Å². The standard InChI is InChI=1S/C18H24O4/c1-7-11-8-9-12(21-6)10-13(11)14-15(19)17(2,3)22-18(4,5)16(14)20/h8-10,14H,7H2,1-6H3. The summed E-state index contributed by atoms with van der Waals surface area (Å²) in [5, 5.41) is 0. The molecule has 1 fully saturated rings. The first kappa shape index (κ1) is 16.7. The summed E-state index contributed by atoms with van der Waals surface area (Å²) in [5.41, 5.74) is -0.255. The van der Waals surface area contributed by atoms with E-state index in [9.17, 15) is 9.59 Å². The minimum absolute atomic E-state index is 0.195. The van der Waals surface area contributed by atoms with Gasteiger partial charge in [-0.05, 0) is 57.4 Å². The van der Waals surface area contributed by atoms with E-state index in [-0.39, 0.29) is 11.6 Å². The van der Waals surface area contributed by atoms with Crippen molar-refractivity contribution in [3.05, 3.63) is 29.3 Å². The van der Waals surface area contributed by atoms with E-state index >= 15 is 0 Å². The number of rotatable bonds is 3. The quantitative estimate of drug-likeness (QED) is 0.805. The Morgan fingerprint density at radius 1 is 1.09 bits per heavy atom. The fourth-order valence-electron chi connectivity index (χ4n) is 3.13. The Labute approximate surface area is 131 Å². The van der Waals surface area contributed by atoms with E-state index in [2.05, 4.69) is 0 Å². The van der Waals surface area contributed by atoms with Crippen LogP contribution in [-0.4, -0.2) is 29.9 Å².